The molecule has 0 bridgehead atoms. The fourth-order valence-electron chi connectivity index (χ4n) is 2.56. The molecule has 1 saturated heterocycles. The van der Waals surface area contributed by atoms with Crippen LogP contribution in [-0.4, -0.2) is 37.8 Å². The van der Waals surface area contributed by atoms with Crippen molar-refractivity contribution in [1.29, 1.82) is 0 Å². The normalized spacial score (nSPS) is 17.4. The number of nitrogens with zero attached hydrogens (tertiary/aromatic N) is 1. The smallest absolute Gasteiger partial charge is 0.314 e. The zero-order chi connectivity index (χ0) is 17.3. The maximum absolute atomic E-state index is 13.4. The molecule has 146 valence electrons. The second kappa shape index (κ2) is 9.25. The molecule has 1 heterocycles. The molecular weight excluding hydrogens is 400 g/mol. The first-order valence-corrected chi connectivity index (χ1v) is 6.93. The molecule has 2 rings (SSSR count). The number of nitrogens with one attached hydrogen (secondary N) is 1. The first-order chi connectivity index (χ1) is 10.6. The van der Waals surface area contributed by atoms with Crippen molar-refractivity contribution >= 4 is 24.8 Å². The van der Waals surface area contributed by atoms with E-state index >= 15 is 0 Å². The maximum atomic E-state index is 13.4. The highest BCUT2D eigenvalue weighted by atomic mass is 35.5. The van der Waals surface area contributed by atoms with Gasteiger partial charge in [-0.3, -0.25) is 4.90 Å². The Morgan fingerprint density at radius 3 is 1.68 bits per heavy atom. The Kier molecular flexibility index (Phi) is 8.96. The van der Waals surface area contributed by atoms with Gasteiger partial charge in [0.25, 0.3) is 0 Å². The predicted octanol–water partition coefficient (Wildman–Crippen LogP) is 4.48. The van der Waals surface area contributed by atoms with Crippen LogP contribution < -0.4 is 5.32 Å². The molecule has 25 heavy (non-hydrogen) atoms. The van der Waals surface area contributed by atoms with Crippen LogP contribution in [0.15, 0.2) is 18.2 Å². The summed E-state index contributed by atoms with van der Waals surface area (Å²) in [5.41, 5.74) is -3.15. The lowest BCUT2D eigenvalue weighted by Gasteiger charge is -2.34. The van der Waals surface area contributed by atoms with E-state index in [-0.39, 0.29) is 36.4 Å². The largest absolute Gasteiger partial charge is 0.416 e. The molecule has 1 aromatic rings. The van der Waals surface area contributed by atoms with Gasteiger partial charge in [-0.15, -0.1) is 24.8 Å². The van der Waals surface area contributed by atoms with Gasteiger partial charge in [0.1, 0.15) is 6.67 Å². The van der Waals surface area contributed by atoms with Crippen molar-refractivity contribution < 1.29 is 30.7 Å². The lowest BCUT2D eigenvalue weighted by atomic mass is 9.98. The Morgan fingerprint density at radius 2 is 1.32 bits per heavy atom. The molecule has 1 aromatic carbocycles. The summed E-state index contributed by atoms with van der Waals surface area (Å²) in [6, 6.07) is 0.125. The van der Waals surface area contributed by atoms with Gasteiger partial charge in [0.15, 0.2) is 0 Å². The van der Waals surface area contributed by atoms with Gasteiger partial charge in [-0.05, 0) is 23.8 Å². The number of rotatable bonds is 3. The lowest BCUT2D eigenvalue weighted by Crippen LogP contribution is -2.45. The topological polar surface area (TPSA) is 15.3 Å². The monoisotopic (exact) mass is 416 g/mol. The molecule has 0 spiro atoms. The Bertz CT molecular complexity index is 511. The minimum Gasteiger partial charge on any atom is -0.314 e. The van der Waals surface area contributed by atoms with Crippen molar-refractivity contribution in [2.45, 2.75) is 18.4 Å². The fraction of sp³-hybridized carbons (Fsp3) is 0.571. The highest BCUT2D eigenvalue weighted by Crippen LogP contribution is 2.38. The molecule has 0 unspecified atom stereocenters. The van der Waals surface area contributed by atoms with Gasteiger partial charge in [0, 0.05) is 26.2 Å². The van der Waals surface area contributed by atoms with Gasteiger partial charge >= 0.3 is 12.4 Å². The predicted molar refractivity (Wildman–Crippen MR) is 84.1 cm³/mol. The SMILES string of the molecule is Cl.Cl.FC[C@@H](c1cc(C(F)(F)F)cc(C(F)(F)F)c1)N1CCNCC1. The van der Waals surface area contributed by atoms with Crippen molar-refractivity contribution in [3.05, 3.63) is 34.9 Å². The zero-order valence-electron chi connectivity index (χ0n) is 12.8. The summed E-state index contributed by atoms with van der Waals surface area (Å²) in [6.07, 6.45) is -9.86. The highest BCUT2D eigenvalue weighted by molar-refractivity contribution is 5.85. The van der Waals surface area contributed by atoms with Gasteiger partial charge in [-0.2, -0.15) is 26.3 Å². The molecule has 2 nitrogen and oxygen atoms in total. The molecule has 0 aliphatic carbocycles. The minimum absolute atomic E-state index is 0. The average Bonchev–Trinajstić information content (AvgIpc) is 2.47. The van der Waals surface area contributed by atoms with Crippen LogP contribution >= 0.6 is 24.8 Å². The Labute approximate surface area is 152 Å². The van der Waals surface area contributed by atoms with E-state index in [4.69, 9.17) is 0 Å². The van der Waals surface area contributed by atoms with Crippen LogP contribution in [0.1, 0.15) is 22.7 Å². The fourth-order valence-corrected chi connectivity index (χ4v) is 2.56. The van der Waals surface area contributed by atoms with Crippen LogP contribution in [0.4, 0.5) is 30.7 Å². The molecule has 1 N–H and O–H groups in total. The number of hydrogen-bond donors (Lipinski definition) is 1. The Hall–Kier alpha value is -0.770. The van der Waals surface area contributed by atoms with E-state index < -0.39 is 36.2 Å². The first kappa shape index (κ1) is 24.2. The quantitative estimate of drug-likeness (QED) is 0.730. The van der Waals surface area contributed by atoms with E-state index in [0.717, 1.165) is 0 Å². The molecule has 1 atom stereocenters. The van der Waals surface area contributed by atoms with E-state index in [0.29, 0.717) is 38.3 Å². The molecule has 0 saturated carbocycles. The van der Waals surface area contributed by atoms with Gasteiger partial charge in [-0.1, -0.05) is 0 Å². The van der Waals surface area contributed by atoms with Crippen LogP contribution in [0.5, 0.6) is 0 Å². The molecule has 1 fully saturated rings. The number of alkyl halides is 7. The van der Waals surface area contributed by atoms with E-state index in [9.17, 15) is 30.7 Å². The summed E-state index contributed by atoms with van der Waals surface area (Å²) < 4.78 is 90.5. The number of halogens is 9. The molecule has 1 aliphatic heterocycles. The number of benzene rings is 1. The highest BCUT2D eigenvalue weighted by Gasteiger charge is 2.38. The Morgan fingerprint density at radius 1 is 0.880 bits per heavy atom. The van der Waals surface area contributed by atoms with Crippen molar-refractivity contribution in [3.8, 4) is 0 Å². The van der Waals surface area contributed by atoms with Crippen molar-refractivity contribution in [3.63, 3.8) is 0 Å². The summed E-state index contributed by atoms with van der Waals surface area (Å²) in [5, 5.41) is 2.99. The second-order valence-corrected chi connectivity index (χ2v) is 5.30. The second-order valence-electron chi connectivity index (χ2n) is 5.30. The summed E-state index contributed by atoms with van der Waals surface area (Å²) in [7, 11) is 0. The molecule has 11 heteroatoms. The standard InChI is InChI=1S/C14H15F7N2.2ClH/c15-8-12(23-3-1-22-2-4-23)9-5-10(13(16,17)18)7-11(6-9)14(19,20)21;;/h5-7,12,22H,1-4,8H2;2*1H/t12-;;/m0../s1. The van der Waals surface area contributed by atoms with E-state index in [2.05, 4.69) is 5.32 Å². The Balaban J connectivity index is 0.00000288. The summed E-state index contributed by atoms with van der Waals surface area (Å²) in [6.45, 7) is 0.653. The van der Waals surface area contributed by atoms with Gasteiger partial charge < -0.3 is 5.32 Å². The van der Waals surface area contributed by atoms with Crippen LogP contribution in [0, 0.1) is 0 Å². The van der Waals surface area contributed by atoms with Crippen molar-refractivity contribution in [1.82, 2.24) is 10.2 Å². The van der Waals surface area contributed by atoms with Gasteiger partial charge in [0.2, 0.25) is 0 Å². The average molecular weight is 417 g/mol. The maximum Gasteiger partial charge on any atom is 0.416 e. The van der Waals surface area contributed by atoms with Gasteiger partial charge in [-0.25, -0.2) is 4.39 Å². The third-order valence-electron chi connectivity index (χ3n) is 3.73. The summed E-state index contributed by atoms with van der Waals surface area (Å²) >= 11 is 0. The molecule has 0 aromatic heterocycles. The van der Waals surface area contributed by atoms with Crippen molar-refractivity contribution in [2.24, 2.45) is 0 Å². The first-order valence-electron chi connectivity index (χ1n) is 6.93. The number of hydrogen-bond acceptors (Lipinski definition) is 2. The summed E-state index contributed by atoms with van der Waals surface area (Å²) in [4.78, 5) is 1.55. The number of piperazine rings is 1. The lowest BCUT2D eigenvalue weighted by molar-refractivity contribution is -0.143. The molecule has 0 radical (unpaired) electrons. The summed E-state index contributed by atoms with van der Waals surface area (Å²) in [5.74, 6) is 0. The van der Waals surface area contributed by atoms with Crippen molar-refractivity contribution in [2.75, 3.05) is 32.9 Å². The molecule has 0 amide bonds. The van der Waals surface area contributed by atoms with Gasteiger partial charge in [0.05, 0.1) is 17.2 Å². The van der Waals surface area contributed by atoms with Crippen LogP contribution in [0.2, 0.25) is 0 Å². The van der Waals surface area contributed by atoms with Crippen LogP contribution in [0.25, 0.3) is 0 Å². The van der Waals surface area contributed by atoms with E-state index in [1.165, 1.54) is 0 Å². The van der Waals surface area contributed by atoms with Crippen LogP contribution in [0.3, 0.4) is 0 Å². The minimum atomic E-state index is -4.93. The molecule has 1 aliphatic rings. The van der Waals surface area contributed by atoms with Crippen LogP contribution in [-0.2, 0) is 12.4 Å². The van der Waals surface area contributed by atoms with E-state index in [1.54, 1.807) is 4.90 Å². The zero-order valence-corrected chi connectivity index (χ0v) is 14.4. The third kappa shape index (κ3) is 6.16. The molecular formula is C14H17Cl2F7N2. The third-order valence-corrected chi connectivity index (χ3v) is 3.73. The van der Waals surface area contributed by atoms with E-state index in [1.807, 2.05) is 0 Å².